The number of methoxy groups -OCH3 is 1. The Morgan fingerprint density at radius 3 is 2.71 bits per heavy atom. The molecule has 128 valence electrons. The number of fused-ring (bicyclic) bond motifs is 1. The summed E-state index contributed by atoms with van der Waals surface area (Å²) in [4.78, 5) is 34.0. The number of ether oxygens (including phenoxy) is 1. The van der Waals surface area contributed by atoms with E-state index in [0.29, 0.717) is 12.3 Å². The third kappa shape index (κ3) is 4.82. The lowest BCUT2D eigenvalue weighted by Gasteiger charge is -2.08. The van der Waals surface area contributed by atoms with Crippen molar-refractivity contribution in [2.75, 3.05) is 25.6 Å². The van der Waals surface area contributed by atoms with Crippen molar-refractivity contribution < 1.29 is 24.2 Å². The van der Waals surface area contributed by atoms with Gasteiger partial charge in [0, 0.05) is 19.0 Å². The van der Waals surface area contributed by atoms with Crippen LogP contribution in [0.2, 0.25) is 0 Å². The highest BCUT2D eigenvalue weighted by atomic mass is 16.5. The van der Waals surface area contributed by atoms with E-state index in [4.69, 9.17) is 9.84 Å². The Labute approximate surface area is 138 Å². The lowest BCUT2D eigenvalue weighted by Crippen LogP contribution is -2.31. The summed E-state index contributed by atoms with van der Waals surface area (Å²) in [5.74, 6) is -1.65. The Balaban J connectivity index is 2.09. The molecule has 0 aliphatic rings. The van der Waals surface area contributed by atoms with E-state index in [0.717, 1.165) is 10.9 Å². The van der Waals surface area contributed by atoms with Gasteiger partial charge in [-0.15, -0.1) is 0 Å². The molecule has 1 heterocycles. The van der Waals surface area contributed by atoms with Gasteiger partial charge in [0.15, 0.2) is 0 Å². The number of benzene rings is 1. The van der Waals surface area contributed by atoms with E-state index in [9.17, 15) is 14.4 Å². The van der Waals surface area contributed by atoms with Crippen molar-refractivity contribution in [1.82, 2.24) is 9.88 Å². The number of carbonyl (C=O) groups is 3. The zero-order valence-electron chi connectivity index (χ0n) is 13.2. The van der Waals surface area contributed by atoms with E-state index in [2.05, 4.69) is 10.6 Å². The van der Waals surface area contributed by atoms with E-state index in [1.807, 2.05) is 12.1 Å². The molecule has 8 nitrogen and oxygen atoms in total. The smallest absolute Gasteiger partial charge is 0.322 e. The number of nitrogens with zero attached hydrogens (tertiary/aromatic N) is 1. The van der Waals surface area contributed by atoms with Crippen molar-refractivity contribution >= 4 is 34.4 Å². The normalized spacial score (nSPS) is 10.5. The maximum atomic E-state index is 11.8. The quantitative estimate of drug-likeness (QED) is 0.662. The van der Waals surface area contributed by atoms with Crippen LogP contribution in [0.25, 0.3) is 10.9 Å². The maximum Gasteiger partial charge on any atom is 0.322 e. The summed E-state index contributed by atoms with van der Waals surface area (Å²) in [5, 5.41) is 14.6. The number of carbonyl (C=O) groups excluding carboxylic acids is 2. The zero-order valence-corrected chi connectivity index (χ0v) is 13.2. The summed E-state index contributed by atoms with van der Waals surface area (Å²) >= 11 is 0. The minimum absolute atomic E-state index is 0.00213. The van der Waals surface area contributed by atoms with Crippen LogP contribution in [0.4, 0.5) is 5.69 Å². The molecule has 2 aromatic rings. The fourth-order valence-corrected chi connectivity index (χ4v) is 2.20. The minimum atomic E-state index is -1.10. The average molecular weight is 333 g/mol. The lowest BCUT2D eigenvalue weighted by molar-refractivity contribution is -0.138. The van der Waals surface area contributed by atoms with E-state index in [1.54, 1.807) is 22.9 Å². The number of hydrogen-bond acceptors (Lipinski definition) is 4. The summed E-state index contributed by atoms with van der Waals surface area (Å²) in [6.07, 6.45) is 1.99. The molecule has 2 amide bonds. The highest BCUT2D eigenvalue weighted by Crippen LogP contribution is 2.20. The molecule has 0 radical (unpaired) electrons. The molecule has 0 aliphatic heterocycles. The van der Waals surface area contributed by atoms with Gasteiger partial charge in [0.25, 0.3) is 0 Å². The van der Waals surface area contributed by atoms with Gasteiger partial charge >= 0.3 is 5.97 Å². The molecule has 24 heavy (non-hydrogen) atoms. The summed E-state index contributed by atoms with van der Waals surface area (Å²) in [7, 11) is 1.53. The Morgan fingerprint density at radius 1 is 1.21 bits per heavy atom. The first-order valence-corrected chi connectivity index (χ1v) is 7.36. The van der Waals surface area contributed by atoms with E-state index in [1.165, 1.54) is 7.11 Å². The zero-order chi connectivity index (χ0) is 17.5. The standard InChI is InChI=1S/C16H19N3O5/c1-24-7-5-14(20)18-12-3-2-11-4-6-19(13(11)8-12)10-15(21)17-9-16(22)23/h2-4,6,8H,5,7,9-10H2,1H3,(H,17,21)(H,18,20)(H,22,23). The minimum Gasteiger partial charge on any atom is -0.480 e. The number of rotatable bonds is 8. The van der Waals surface area contributed by atoms with E-state index < -0.39 is 18.4 Å². The number of hydrogen-bond donors (Lipinski definition) is 3. The summed E-state index contributed by atoms with van der Waals surface area (Å²) in [5.41, 5.74) is 1.39. The van der Waals surface area contributed by atoms with Gasteiger partial charge in [-0.05, 0) is 23.6 Å². The molecule has 0 fully saturated rings. The van der Waals surface area contributed by atoms with Gasteiger partial charge in [-0.2, -0.15) is 0 Å². The van der Waals surface area contributed by atoms with Crippen LogP contribution in [-0.4, -0.2) is 47.7 Å². The molecule has 8 heteroatoms. The van der Waals surface area contributed by atoms with Crippen molar-refractivity contribution in [2.45, 2.75) is 13.0 Å². The van der Waals surface area contributed by atoms with Crippen LogP contribution < -0.4 is 10.6 Å². The van der Waals surface area contributed by atoms with Crippen LogP contribution >= 0.6 is 0 Å². The number of carboxylic acid groups (broad SMARTS) is 1. The van der Waals surface area contributed by atoms with Gasteiger partial charge in [-0.25, -0.2) is 0 Å². The highest BCUT2D eigenvalue weighted by molar-refractivity contribution is 5.94. The van der Waals surface area contributed by atoms with E-state index in [-0.39, 0.29) is 18.9 Å². The lowest BCUT2D eigenvalue weighted by atomic mass is 10.2. The maximum absolute atomic E-state index is 11.8. The first-order chi connectivity index (χ1) is 11.5. The Bertz CT molecular complexity index is 753. The summed E-state index contributed by atoms with van der Waals surface area (Å²) in [6, 6.07) is 7.23. The first-order valence-electron chi connectivity index (χ1n) is 7.36. The number of carboxylic acids is 1. The second-order valence-electron chi connectivity index (χ2n) is 5.18. The summed E-state index contributed by atoms with van der Waals surface area (Å²) in [6.45, 7) is -0.0785. The van der Waals surface area contributed by atoms with Crippen LogP contribution in [0.3, 0.4) is 0 Å². The number of nitrogens with one attached hydrogen (secondary N) is 2. The molecule has 0 spiro atoms. The highest BCUT2D eigenvalue weighted by Gasteiger charge is 2.09. The Kier molecular flexibility index (Phi) is 5.91. The molecule has 1 aromatic heterocycles. The molecule has 0 atom stereocenters. The molecule has 3 N–H and O–H groups in total. The predicted molar refractivity (Wildman–Crippen MR) is 87.7 cm³/mol. The fraction of sp³-hybridized carbons (Fsp3) is 0.312. The topological polar surface area (TPSA) is 110 Å². The second kappa shape index (κ2) is 8.11. The van der Waals surface area contributed by atoms with Crippen molar-refractivity contribution in [3.63, 3.8) is 0 Å². The van der Waals surface area contributed by atoms with Crippen molar-refractivity contribution in [3.8, 4) is 0 Å². The number of anilines is 1. The summed E-state index contributed by atoms with van der Waals surface area (Å²) < 4.78 is 6.55. The first kappa shape index (κ1) is 17.5. The van der Waals surface area contributed by atoms with E-state index >= 15 is 0 Å². The Morgan fingerprint density at radius 2 is 2.00 bits per heavy atom. The molecule has 0 unspecified atom stereocenters. The monoisotopic (exact) mass is 333 g/mol. The van der Waals surface area contributed by atoms with Crippen LogP contribution in [-0.2, 0) is 25.7 Å². The molecular formula is C16H19N3O5. The van der Waals surface area contributed by atoms with Gasteiger partial charge in [-0.1, -0.05) is 6.07 Å². The molecule has 0 bridgehead atoms. The fourth-order valence-electron chi connectivity index (χ4n) is 2.20. The predicted octanol–water partition coefficient (Wildman–Crippen LogP) is 0.817. The number of aliphatic carboxylic acids is 1. The second-order valence-corrected chi connectivity index (χ2v) is 5.18. The van der Waals surface area contributed by atoms with Gasteiger partial charge in [0.05, 0.1) is 18.5 Å². The van der Waals surface area contributed by atoms with Gasteiger partial charge in [-0.3, -0.25) is 14.4 Å². The van der Waals surface area contributed by atoms with Crippen LogP contribution in [0.1, 0.15) is 6.42 Å². The van der Waals surface area contributed by atoms with Crippen molar-refractivity contribution in [2.24, 2.45) is 0 Å². The molecular weight excluding hydrogens is 314 g/mol. The molecule has 0 aliphatic carbocycles. The third-order valence-corrected chi connectivity index (χ3v) is 3.34. The van der Waals surface area contributed by atoms with Gasteiger partial charge < -0.3 is 25.0 Å². The largest absolute Gasteiger partial charge is 0.480 e. The van der Waals surface area contributed by atoms with Crippen molar-refractivity contribution in [3.05, 3.63) is 30.5 Å². The van der Waals surface area contributed by atoms with Crippen LogP contribution in [0.5, 0.6) is 0 Å². The number of aromatic nitrogens is 1. The third-order valence-electron chi connectivity index (χ3n) is 3.34. The SMILES string of the molecule is COCCC(=O)Nc1ccc2ccn(CC(=O)NCC(=O)O)c2c1. The molecule has 2 rings (SSSR count). The average Bonchev–Trinajstić information content (AvgIpc) is 2.93. The van der Waals surface area contributed by atoms with Gasteiger partial charge in [0.1, 0.15) is 13.1 Å². The Hall–Kier alpha value is -2.87. The molecule has 0 saturated carbocycles. The number of amides is 2. The van der Waals surface area contributed by atoms with Crippen LogP contribution in [0.15, 0.2) is 30.5 Å². The molecule has 0 saturated heterocycles. The molecule has 1 aromatic carbocycles. The van der Waals surface area contributed by atoms with Crippen molar-refractivity contribution in [1.29, 1.82) is 0 Å². The van der Waals surface area contributed by atoms with Crippen LogP contribution in [0, 0.1) is 0 Å². The van der Waals surface area contributed by atoms with Gasteiger partial charge in [0.2, 0.25) is 11.8 Å².